The Kier molecular flexibility index (Phi) is 4.36. The van der Waals surface area contributed by atoms with Crippen molar-refractivity contribution in [2.75, 3.05) is 29.5 Å². The van der Waals surface area contributed by atoms with Crippen LogP contribution in [0.1, 0.15) is 5.56 Å². The lowest BCUT2D eigenvalue weighted by atomic mass is 10.2. The van der Waals surface area contributed by atoms with Gasteiger partial charge in [0.05, 0.1) is 16.8 Å². The van der Waals surface area contributed by atoms with E-state index in [1.54, 1.807) is 12.3 Å². The fraction of sp³-hybridized carbons (Fsp3) is 0.211. The van der Waals surface area contributed by atoms with Gasteiger partial charge in [0.15, 0.2) is 5.88 Å². The number of fused-ring (bicyclic) bond motifs is 1. The largest absolute Gasteiger partial charge is 0.494 e. The number of benzene rings is 2. The Morgan fingerprint density at radius 2 is 1.88 bits per heavy atom. The van der Waals surface area contributed by atoms with E-state index >= 15 is 0 Å². The number of aromatic amines is 1. The van der Waals surface area contributed by atoms with Crippen molar-refractivity contribution in [2.24, 2.45) is 4.99 Å². The summed E-state index contributed by atoms with van der Waals surface area (Å²) in [5, 5.41) is 10.8. The minimum absolute atomic E-state index is 0.00760. The first-order valence-corrected chi connectivity index (χ1v) is 9.33. The molecule has 4 rings (SSSR count). The van der Waals surface area contributed by atoms with E-state index in [1.165, 1.54) is 29.3 Å². The van der Waals surface area contributed by atoms with Crippen LogP contribution in [0.25, 0.3) is 10.9 Å². The van der Waals surface area contributed by atoms with Crippen molar-refractivity contribution in [3.05, 3.63) is 53.8 Å². The van der Waals surface area contributed by atoms with Gasteiger partial charge in [-0.3, -0.25) is 4.99 Å². The Labute approximate surface area is 149 Å². The second-order valence-corrected chi connectivity index (χ2v) is 7.18. The Bertz CT molecular complexity index is 914. The zero-order valence-corrected chi connectivity index (χ0v) is 14.4. The second-order valence-electron chi connectivity index (χ2n) is 5.95. The first-order chi connectivity index (χ1) is 12.2. The topological polar surface area (TPSA) is 51.6 Å². The van der Waals surface area contributed by atoms with Crippen LogP contribution in [0.4, 0.5) is 15.8 Å². The predicted molar refractivity (Wildman–Crippen MR) is 103 cm³/mol. The van der Waals surface area contributed by atoms with Gasteiger partial charge in [-0.2, -0.15) is 11.8 Å². The van der Waals surface area contributed by atoms with E-state index in [0.29, 0.717) is 11.1 Å². The summed E-state index contributed by atoms with van der Waals surface area (Å²) in [6, 6.07) is 12.5. The normalized spacial score (nSPS) is 15.3. The third-order valence-corrected chi connectivity index (χ3v) is 5.29. The molecule has 25 heavy (non-hydrogen) atoms. The van der Waals surface area contributed by atoms with Crippen LogP contribution < -0.4 is 4.90 Å². The number of anilines is 1. The molecule has 1 saturated heterocycles. The van der Waals surface area contributed by atoms with Crippen LogP contribution in [0.2, 0.25) is 0 Å². The minimum Gasteiger partial charge on any atom is -0.494 e. The van der Waals surface area contributed by atoms with Crippen LogP contribution in [-0.2, 0) is 0 Å². The zero-order valence-electron chi connectivity index (χ0n) is 13.6. The molecule has 2 aromatic carbocycles. The van der Waals surface area contributed by atoms with Crippen LogP contribution >= 0.6 is 11.8 Å². The average Bonchev–Trinajstić information content (AvgIpc) is 2.95. The highest BCUT2D eigenvalue weighted by atomic mass is 32.2. The van der Waals surface area contributed by atoms with Gasteiger partial charge in [-0.15, -0.1) is 0 Å². The highest BCUT2D eigenvalue weighted by Gasteiger charge is 2.11. The van der Waals surface area contributed by atoms with Crippen LogP contribution in [0.15, 0.2) is 47.5 Å². The number of aromatic hydroxyl groups is 1. The molecule has 0 amide bonds. The number of nitrogens with one attached hydrogen (secondary N) is 1. The Morgan fingerprint density at radius 1 is 1.12 bits per heavy atom. The number of hydrogen-bond acceptors (Lipinski definition) is 4. The average molecular weight is 355 g/mol. The number of thioether (sulfide) groups is 1. The number of rotatable bonds is 3. The van der Waals surface area contributed by atoms with E-state index in [9.17, 15) is 9.50 Å². The van der Waals surface area contributed by atoms with E-state index < -0.39 is 0 Å². The lowest BCUT2D eigenvalue weighted by Crippen LogP contribution is -2.32. The lowest BCUT2D eigenvalue weighted by molar-refractivity contribution is 0.457. The minimum atomic E-state index is -0.344. The molecule has 0 saturated carbocycles. The second kappa shape index (κ2) is 6.80. The molecular weight excluding hydrogens is 337 g/mol. The number of halogens is 1. The summed E-state index contributed by atoms with van der Waals surface area (Å²) >= 11 is 1.99. The van der Waals surface area contributed by atoms with Crippen LogP contribution in [-0.4, -0.2) is 40.9 Å². The first-order valence-electron chi connectivity index (χ1n) is 8.18. The molecule has 0 radical (unpaired) electrons. The molecule has 4 nitrogen and oxygen atoms in total. The van der Waals surface area contributed by atoms with Crippen LogP contribution in [0, 0.1) is 5.82 Å². The Morgan fingerprint density at radius 3 is 2.64 bits per heavy atom. The van der Waals surface area contributed by atoms with Gasteiger partial charge in [-0.05, 0) is 42.5 Å². The number of hydrogen-bond donors (Lipinski definition) is 2. The van der Waals surface area contributed by atoms with Crippen molar-refractivity contribution in [3.8, 4) is 5.88 Å². The monoisotopic (exact) mass is 355 g/mol. The summed E-state index contributed by atoms with van der Waals surface area (Å²) in [5.74, 6) is 1.98. The summed E-state index contributed by atoms with van der Waals surface area (Å²) < 4.78 is 13.3. The SMILES string of the molecule is Oc1[nH]c2cc(F)ccc2c1C=Nc1ccc(N2CCSCC2)cc1. The molecule has 6 heteroatoms. The number of nitrogens with zero attached hydrogens (tertiary/aromatic N) is 2. The highest BCUT2D eigenvalue weighted by molar-refractivity contribution is 7.99. The molecule has 2 heterocycles. The van der Waals surface area contributed by atoms with E-state index in [2.05, 4.69) is 27.0 Å². The molecule has 3 aromatic rings. The van der Waals surface area contributed by atoms with Crippen LogP contribution in [0.5, 0.6) is 5.88 Å². The fourth-order valence-electron chi connectivity index (χ4n) is 3.02. The number of aromatic nitrogens is 1. The maximum Gasteiger partial charge on any atom is 0.198 e. The number of aliphatic imine (C=N–C) groups is 1. The maximum absolute atomic E-state index is 13.3. The van der Waals surface area contributed by atoms with Gasteiger partial charge in [0.1, 0.15) is 5.82 Å². The summed E-state index contributed by atoms with van der Waals surface area (Å²) in [7, 11) is 0. The predicted octanol–water partition coefficient (Wildman–Crippen LogP) is 4.32. The van der Waals surface area contributed by atoms with Gasteiger partial charge in [0, 0.05) is 41.9 Å². The summed E-state index contributed by atoms with van der Waals surface area (Å²) in [6.07, 6.45) is 1.61. The lowest BCUT2D eigenvalue weighted by Gasteiger charge is -2.28. The molecule has 1 aliphatic heterocycles. The third kappa shape index (κ3) is 3.35. The molecule has 1 fully saturated rings. The number of H-pyrrole nitrogens is 1. The van der Waals surface area contributed by atoms with Gasteiger partial charge >= 0.3 is 0 Å². The molecule has 2 N–H and O–H groups in total. The zero-order chi connectivity index (χ0) is 17.2. The molecule has 0 bridgehead atoms. The standard InChI is InChI=1S/C19H18FN3OS/c20-13-1-6-16-17(19(24)22-18(16)11-13)12-21-14-2-4-15(5-3-14)23-7-9-25-10-8-23/h1-6,11-12,22,24H,7-10H2. The molecule has 0 aliphatic carbocycles. The molecule has 0 atom stereocenters. The van der Waals surface area contributed by atoms with E-state index in [1.807, 2.05) is 23.9 Å². The van der Waals surface area contributed by atoms with Crippen molar-refractivity contribution in [3.63, 3.8) is 0 Å². The summed E-state index contributed by atoms with van der Waals surface area (Å²) in [5.41, 5.74) is 3.14. The van der Waals surface area contributed by atoms with Gasteiger partial charge in [0.2, 0.25) is 0 Å². The molecule has 0 unspecified atom stereocenters. The van der Waals surface area contributed by atoms with Crippen molar-refractivity contribution in [1.29, 1.82) is 0 Å². The Balaban J connectivity index is 1.56. The van der Waals surface area contributed by atoms with Gasteiger partial charge in [-0.1, -0.05) is 0 Å². The van der Waals surface area contributed by atoms with Crippen molar-refractivity contribution >= 4 is 40.3 Å². The van der Waals surface area contributed by atoms with Crippen LogP contribution in [0.3, 0.4) is 0 Å². The summed E-state index contributed by atoms with van der Waals surface area (Å²) in [4.78, 5) is 9.60. The molecule has 1 aromatic heterocycles. The van der Waals surface area contributed by atoms with Crippen molar-refractivity contribution in [1.82, 2.24) is 4.98 Å². The fourth-order valence-corrected chi connectivity index (χ4v) is 3.92. The molecule has 0 spiro atoms. The summed E-state index contributed by atoms with van der Waals surface area (Å²) in [6.45, 7) is 2.15. The molecule has 128 valence electrons. The maximum atomic E-state index is 13.3. The Hall–Kier alpha value is -2.47. The van der Waals surface area contributed by atoms with Crippen molar-refractivity contribution in [2.45, 2.75) is 0 Å². The van der Waals surface area contributed by atoms with Gasteiger partial charge in [0.25, 0.3) is 0 Å². The first kappa shape index (κ1) is 16.0. The van der Waals surface area contributed by atoms with E-state index in [4.69, 9.17) is 0 Å². The van der Waals surface area contributed by atoms with Gasteiger partial charge in [-0.25, -0.2) is 4.39 Å². The molecule has 1 aliphatic rings. The molecular formula is C19H18FN3OS. The van der Waals surface area contributed by atoms with Crippen molar-refractivity contribution < 1.29 is 9.50 Å². The smallest absolute Gasteiger partial charge is 0.198 e. The highest BCUT2D eigenvalue weighted by Crippen LogP contribution is 2.27. The van der Waals surface area contributed by atoms with Gasteiger partial charge < -0.3 is 15.0 Å². The quantitative estimate of drug-likeness (QED) is 0.688. The van der Waals surface area contributed by atoms with E-state index in [-0.39, 0.29) is 11.7 Å². The van der Waals surface area contributed by atoms with E-state index in [0.717, 1.165) is 24.2 Å². The third-order valence-electron chi connectivity index (χ3n) is 4.35.